The fourth-order valence-corrected chi connectivity index (χ4v) is 5.63. The zero-order valence-electron chi connectivity index (χ0n) is 9.52. The summed E-state index contributed by atoms with van der Waals surface area (Å²) in [5.74, 6) is 0. The van der Waals surface area contributed by atoms with Crippen LogP contribution in [0.4, 0.5) is 13.2 Å². The molecular weight excluding hydrogens is 304 g/mol. The number of hydrogen-bond donors (Lipinski definition) is 0. The van der Waals surface area contributed by atoms with Crippen LogP contribution in [0.15, 0.2) is 60.7 Å². The van der Waals surface area contributed by atoms with Crippen LogP contribution in [0.1, 0.15) is 0 Å². The van der Waals surface area contributed by atoms with Gasteiger partial charge in [-0.1, -0.05) is 0 Å². The first kappa shape index (κ1) is 13.2. The Bertz CT molecular complexity index is 440. The molecule has 4 heteroatoms. The van der Waals surface area contributed by atoms with Crippen molar-refractivity contribution >= 4 is 22.8 Å². The summed E-state index contributed by atoms with van der Waals surface area (Å²) < 4.78 is 39.8. The summed E-state index contributed by atoms with van der Waals surface area (Å²) >= 11 is -2.04. The Morgan fingerprint density at radius 1 is 0.722 bits per heavy atom. The molecule has 0 aliphatic rings. The van der Waals surface area contributed by atoms with Gasteiger partial charge in [0.05, 0.1) is 0 Å². The third-order valence-corrected chi connectivity index (χ3v) is 7.19. The topological polar surface area (TPSA) is 0 Å². The summed E-state index contributed by atoms with van der Waals surface area (Å²) in [4.78, 5) is 0. The van der Waals surface area contributed by atoms with Crippen molar-refractivity contribution in [2.24, 2.45) is 0 Å². The summed E-state index contributed by atoms with van der Waals surface area (Å²) in [7, 11) is 0. The maximum atomic E-state index is 12.7. The van der Waals surface area contributed by atoms with E-state index in [9.17, 15) is 13.2 Å². The van der Waals surface area contributed by atoms with E-state index in [2.05, 4.69) is 0 Å². The predicted molar refractivity (Wildman–Crippen MR) is 68.8 cm³/mol. The van der Waals surface area contributed by atoms with Crippen molar-refractivity contribution in [3.05, 3.63) is 60.7 Å². The number of hydrogen-bond acceptors (Lipinski definition) is 0. The van der Waals surface area contributed by atoms with Gasteiger partial charge in [0, 0.05) is 0 Å². The van der Waals surface area contributed by atoms with E-state index in [0.717, 1.165) is 8.92 Å². The van der Waals surface area contributed by atoms with Gasteiger partial charge < -0.3 is 0 Å². The second-order valence-electron chi connectivity index (χ2n) is 3.78. The molecule has 0 saturated carbocycles. The fraction of sp³-hybridized carbons (Fsp3) is 0.143. The second kappa shape index (κ2) is 5.59. The van der Waals surface area contributed by atoms with Gasteiger partial charge in [0.15, 0.2) is 0 Å². The van der Waals surface area contributed by atoms with Crippen LogP contribution >= 0.6 is 0 Å². The molecule has 0 heterocycles. The average Bonchev–Trinajstić information content (AvgIpc) is 2.37. The van der Waals surface area contributed by atoms with E-state index in [-0.39, 0.29) is 0 Å². The van der Waals surface area contributed by atoms with Crippen LogP contribution in [0.3, 0.4) is 0 Å². The van der Waals surface area contributed by atoms with Gasteiger partial charge in [-0.3, -0.25) is 0 Å². The van der Waals surface area contributed by atoms with E-state index in [4.69, 9.17) is 0 Å². The molecule has 2 aromatic carbocycles. The van der Waals surface area contributed by atoms with E-state index >= 15 is 0 Å². The molecule has 0 aliphatic heterocycles. The first-order chi connectivity index (χ1) is 8.56. The Morgan fingerprint density at radius 3 is 1.44 bits per heavy atom. The van der Waals surface area contributed by atoms with Gasteiger partial charge in [-0.2, -0.15) is 0 Å². The number of halogens is 3. The minimum atomic E-state index is -4.11. The molecule has 0 aliphatic carbocycles. The van der Waals surface area contributed by atoms with Gasteiger partial charge in [-0.15, -0.1) is 0 Å². The molecule has 2 rings (SSSR count). The van der Waals surface area contributed by atoms with Crippen molar-refractivity contribution in [2.45, 2.75) is 11.5 Å². The maximum absolute atomic E-state index is 12.7. The summed E-state index contributed by atoms with van der Waals surface area (Å²) in [5, 5.41) is -0.707. The van der Waals surface area contributed by atoms with Crippen molar-refractivity contribution in [3.8, 4) is 0 Å². The number of benzene rings is 2. The van der Waals surface area contributed by atoms with Crippen molar-refractivity contribution in [1.82, 2.24) is 0 Å². The van der Waals surface area contributed by atoms with E-state index < -0.39 is 25.4 Å². The van der Waals surface area contributed by atoms with Crippen LogP contribution in [0.5, 0.6) is 0 Å². The Morgan fingerprint density at radius 2 is 1.11 bits per heavy atom. The molecule has 0 aromatic heterocycles. The van der Waals surface area contributed by atoms with E-state index in [1.807, 2.05) is 12.1 Å². The van der Waals surface area contributed by atoms with Crippen LogP contribution in [0.2, 0.25) is 5.32 Å². The van der Waals surface area contributed by atoms with Crippen LogP contribution in [-0.4, -0.2) is 20.1 Å². The molecule has 0 fully saturated rings. The summed E-state index contributed by atoms with van der Waals surface area (Å²) in [5.41, 5.74) is 0. The molecule has 95 valence electrons. The zero-order chi connectivity index (χ0) is 13.0. The van der Waals surface area contributed by atoms with Gasteiger partial charge in [-0.25, -0.2) is 0 Å². The Hall–Kier alpha value is -1.25. The summed E-state index contributed by atoms with van der Waals surface area (Å²) in [6, 6.07) is 18.0. The number of rotatable bonds is 3. The van der Waals surface area contributed by atoms with Crippen LogP contribution in [0, 0.1) is 0 Å². The summed E-state index contributed by atoms with van der Waals surface area (Å²) in [6.07, 6.45) is -4.11. The van der Waals surface area contributed by atoms with Crippen molar-refractivity contribution in [2.75, 3.05) is 0 Å². The van der Waals surface area contributed by atoms with Gasteiger partial charge >= 0.3 is 108 Å². The molecule has 0 bridgehead atoms. The van der Waals surface area contributed by atoms with E-state index in [1.54, 1.807) is 48.5 Å². The molecule has 0 nitrogen and oxygen atoms in total. The van der Waals surface area contributed by atoms with Gasteiger partial charge in [0.1, 0.15) is 0 Å². The fourth-order valence-electron chi connectivity index (χ4n) is 1.64. The third kappa shape index (κ3) is 3.62. The third-order valence-electron chi connectivity index (χ3n) is 2.36. The van der Waals surface area contributed by atoms with Crippen molar-refractivity contribution < 1.29 is 13.2 Å². The van der Waals surface area contributed by atoms with Crippen LogP contribution < -0.4 is 8.92 Å². The number of alkyl halides is 3. The van der Waals surface area contributed by atoms with Crippen LogP contribution in [0.25, 0.3) is 0 Å². The predicted octanol–water partition coefficient (Wildman–Crippen LogP) is 2.86. The first-order valence-corrected chi connectivity index (χ1v) is 8.36. The molecule has 0 N–H and O–H groups in total. The normalized spacial score (nSPS) is 11.8. The molecule has 18 heavy (non-hydrogen) atoms. The van der Waals surface area contributed by atoms with Crippen molar-refractivity contribution in [1.29, 1.82) is 0 Å². The SMILES string of the molecule is FC(F)(F)C[Se](c1ccccc1)c1ccccc1. The quantitative estimate of drug-likeness (QED) is 0.764. The molecule has 1 radical (unpaired) electrons. The Balaban J connectivity index is 2.36. The van der Waals surface area contributed by atoms with Gasteiger partial charge in [0.2, 0.25) is 0 Å². The van der Waals surface area contributed by atoms with Crippen molar-refractivity contribution in [3.63, 3.8) is 0 Å². The molecular formula is C14H12F3Se. The monoisotopic (exact) mass is 317 g/mol. The molecule has 0 amide bonds. The molecule has 2 aromatic rings. The van der Waals surface area contributed by atoms with Crippen LogP contribution in [-0.2, 0) is 0 Å². The summed E-state index contributed by atoms with van der Waals surface area (Å²) in [6.45, 7) is 0. The second-order valence-corrected chi connectivity index (χ2v) is 8.00. The average molecular weight is 316 g/mol. The standard InChI is InChI=1S/C14H12F3Se/c15-14(16,17)11-18(12-7-3-1-4-8-12)13-9-5-2-6-10-13/h1-10H,11H2. The van der Waals surface area contributed by atoms with E-state index in [0.29, 0.717) is 0 Å². The first-order valence-electron chi connectivity index (χ1n) is 5.44. The Labute approximate surface area is 108 Å². The molecule has 0 unspecified atom stereocenters. The van der Waals surface area contributed by atoms with E-state index in [1.165, 1.54) is 0 Å². The molecule has 0 saturated heterocycles. The zero-order valence-corrected chi connectivity index (χ0v) is 11.2. The molecule has 0 atom stereocenters. The van der Waals surface area contributed by atoms with Gasteiger partial charge in [0.25, 0.3) is 0 Å². The Kier molecular flexibility index (Phi) is 4.10. The van der Waals surface area contributed by atoms with Gasteiger partial charge in [-0.05, 0) is 0 Å². The minimum absolute atomic E-state index is 0.707. The molecule has 0 spiro atoms.